The zero-order valence-corrected chi connectivity index (χ0v) is 22.4. The van der Waals surface area contributed by atoms with E-state index >= 15 is 0 Å². The van der Waals surface area contributed by atoms with Crippen LogP contribution in [-0.2, 0) is 29.0 Å². The van der Waals surface area contributed by atoms with Crippen molar-refractivity contribution in [2.75, 3.05) is 0 Å². The lowest BCUT2D eigenvalue weighted by molar-refractivity contribution is -0.141. The number of halogens is 3. The third-order valence-electron chi connectivity index (χ3n) is 5.43. The van der Waals surface area contributed by atoms with Crippen molar-refractivity contribution in [3.05, 3.63) is 105 Å². The molecule has 3 rings (SSSR count). The van der Waals surface area contributed by atoms with Gasteiger partial charge in [-0.25, -0.2) is 4.39 Å². The minimum Gasteiger partial charge on any atom is -0.350 e. The topological polar surface area (TPSA) is 49.4 Å². The molecule has 0 aliphatic heterocycles. The molecule has 1 atom stereocenters. The van der Waals surface area contributed by atoms with Gasteiger partial charge in [-0.15, -0.1) is 0 Å². The van der Waals surface area contributed by atoms with Gasteiger partial charge in [-0.3, -0.25) is 9.59 Å². The van der Waals surface area contributed by atoms with Gasteiger partial charge in [-0.2, -0.15) is 0 Å². The molecule has 0 bridgehead atoms. The fourth-order valence-corrected chi connectivity index (χ4v) is 4.24. The first kappa shape index (κ1) is 26.9. The van der Waals surface area contributed by atoms with Crippen LogP contribution in [0, 0.1) is 5.82 Å². The summed E-state index contributed by atoms with van der Waals surface area (Å²) in [4.78, 5) is 28.8. The standard InChI is InChI=1S/C28H29BrClFN2O2/c1-28(2,3)32-27(35)25(16-19-8-5-4-6-9-19)33(18-20-12-14-21(29)15-13-20)26(34)17-22-23(30)10-7-11-24(22)31/h4-15,25H,16-18H2,1-3H3,(H,32,35)/t25-/m0/s1. The molecule has 35 heavy (non-hydrogen) atoms. The van der Waals surface area contributed by atoms with Crippen LogP contribution in [0.2, 0.25) is 5.02 Å². The fourth-order valence-electron chi connectivity index (χ4n) is 3.75. The smallest absolute Gasteiger partial charge is 0.243 e. The Morgan fingerprint density at radius 2 is 1.63 bits per heavy atom. The lowest BCUT2D eigenvalue weighted by atomic mass is 9.99. The summed E-state index contributed by atoms with van der Waals surface area (Å²) in [5.41, 5.74) is 1.39. The Labute approximate surface area is 219 Å². The third kappa shape index (κ3) is 7.91. The minimum absolute atomic E-state index is 0.120. The fraction of sp³-hybridized carbons (Fsp3) is 0.286. The summed E-state index contributed by atoms with van der Waals surface area (Å²) in [5, 5.41) is 3.20. The molecule has 0 aliphatic carbocycles. The van der Waals surface area contributed by atoms with Crippen molar-refractivity contribution < 1.29 is 14.0 Å². The van der Waals surface area contributed by atoms with Gasteiger partial charge in [0.15, 0.2) is 0 Å². The first-order valence-electron chi connectivity index (χ1n) is 11.4. The first-order valence-corrected chi connectivity index (χ1v) is 12.5. The number of rotatable bonds is 8. The van der Waals surface area contributed by atoms with E-state index in [1.54, 1.807) is 6.07 Å². The SMILES string of the molecule is CC(C)(C)NC(=O)[C@H](Cc1ccccc1)N(Cc1ccc(Br)cc1)C(=O)Cc1c(F)cccc1Cl. The van der Waals surface area contributed by atoms with Gasteiger partial charge in [-0.05, 0) is 56.2 Å². The normalized spacial score (nSPS) is 12.2. The maximum atomic E-state index is 14.5. The molecule has 0 radical (unpaired) electrons. The highest BCUT2D eigenvalue weighted by molar-refractivity contribution is 9.10. The van der Waals surface area contributed by atoms with E-state index < -0.39 is 17.4 Å². The van der Waals surface area contributed by atoms with Crippen LogP contribution in [-0.4, -0.2) is 28.3 Å². The Hall–Kier alpha value is -2.70. The second-order valence-electron chi connectivity index (χ2n) is 9.47. The zero-order chi connectivity index (χ0) is 25.6. The van der Waals surface area contributed by atoms with E-state index in [4.69, 9.17) is 11.6 Å². The number of hydrogen-bond donors (Lipinski definition) is 1. The Kier molecular flexibility index (Phi) is 9.09. The average Bonchev–Trinajstić information content (AvgIpc) is 2.79. The maximum absolute atomic E-state index is 14.5. The second-order valence-corrected chi connectivity index (χ2v) is 10.8. The summed E-state index contributed by atoms with van der Waals surface area (Å²) >= 11 is 9.65. The molecule has 184 valence electrons. The van der Waals surface area contributed by atoms with Gasteiger partial charge in [0.1, 0.15) is 11.9 Å². The average molecular weight is 560 g/mol. The largest absolute Gasteiger partial charge is 0.350 e. The highest BCUT2D eigenvalue weighted by Gasteiger charge is 2.32. The molecule has 3 aromatic rings. The van der Waals surface area contributed by atoms with Crippen LogP contribution < -0.4 is 5.32 Å². The molecule has 0 unspecified atom stereocenters. The third-order valence-corrected chi connectivity index (χ3v) is 6.31. The highest BCUT2D eigenvalue weighted by Crippen LogP contribution is 2.23. The molecular formula is C28H29BrClFN2O2. The number of amides is 2. The van der Waals surface area contributed by atoms with Crippen LogP contribution in [0.1, 0.15) is 37.5 Å². The highest BCUT2D eigenvalue weighted by atomic mass is 79.9. The van der Waals surface area contributed by atoms with Gasteiger partial charge in [-0.1, -0.05) is 76.1 Å². The number of hydrogen-bond acceptors (Lipinski definition) is 2. The number of carbonyl (C=O) groups is 2. The molecule has 0 aliphatic rings. The molecule has 3 aromatic carbocycles. The van der Waals surface area contributed by atoms with Crippen LogP contribution in [0.4, 0.5) is 4.39 Å². The molecule has 0 spiro atoms. The van der Waals surface area contributed by atoms with Crippen LogP contribution >= 0.6 is 27.5 Å². The Morgan fingerprint density at radius 3 is 2.23 bits per heavy atom. The van der Waals surface area contributed by atoms with Gasteiger partial charge in [0.25, 0.3) is 0 Å². The number of benzene rings is 3. The van der Waals surface area contributed by atoms with E-state index in [2.05, 4.69) is 21.2 Å². The Bertz CT molecular complexity index is 1140. The van der Waals surface area contributed by atoms with Gasteiger partial charge in [0, 0.05) is 33.6 Å². The van der Waals surface area contributed by atoms with E-state index in [1.807, 2.05) is 75.4 Å². The van der Waals surface area contributed by atoms with Gasteiger partial charge in [0.2, 0.25) is 11.8 Å². The van der Waals surface area contributed by atoms with E-state index in [0.29, 0.717) is 6.42 Å². The lowest BCUT2D eigenvalue weighted by Crippen LogP contribution is -2.54. The van der Waals surface area contributed by atoms with Crippen molar-refractivity contribution >= 4 is 39.3 Å². The summed E-state index contributed by atoms with van der Waals surface area (Å²) in [7, 11) is 0. The molecule has 0 saturated heterocycles. The molecule has 7 heteroatoms. The van der Waals surface area contributed by atoms with Gasteiger partial charge < -0.3 is 10.2 Å². The molecular weight excluding hydrogens is 531 g/mol. The summed E-state index contributed by atoms with van der Waals surface area (Å²) in [6.45, 7) is 5.87. The van der Waals surface area contributed by atoms with Gasteiger partial charge in [0.05, 0.1) is 6.42 Å². The monoisotopic (exact) mass is 558 g/mol. The molecule has 1 N–H and O–H groups in total. The van der Waals surface area contributed by atoms with Crippen molar-refractivity contribution in [3.63, 3.8) is 0 Å². The van der Waals surface area contributed by atoms with Crippen LogP contribution in [0.25, 0.3) is 0 Å². The molecule has 0 aromatic heterocycles. The van der Waals surface area contributed by atoms with Crippen molar-refractivity contribution in [2.45, 2.75) is 51.7 Å². The molecule has 0 saturated carbocycles. The molecule has 0 fully saturated rings. The van der Waals surface area contributed by atoms with Gasteiger partial charge >= 0.3 is 0 Å². The molecule has 4 nitrogen and oxygen atoms in total. The van der Waals surface area contributed by atoms with E-state index in [1.165, 1.54) is 17.0 Å². The molecule has 0 heterocycles. The number of carbonyl (C=O) groups excluding carboxylic acids is 2. The predicted molar refractivity (Wildman–Crippen MR) is 142 cm³/mol. The molecule has 2 amide bonds. The van der Waals surface area contributed by atoms with E-state index in [9.17, 15) is 14.0 Å². The summed E-state index contributed by atoms with van der Waals surface area (Å²) < 4.78 is 15.4. The van der Waals surface area contributed by atoms with Crippen molar-refractivity contribution in [2.24, 2.45) is 0 Å². The van der Waals surface area contributed by atoms with Crippen LogP contribution in [0.5, 0.6) is 0 Å². The second kappa shape index (κ2) is 11.8. The van der Waals surface area contributed by atoms with Crippen molar-refractivity contribution in [1.29, 1.82) is 0 Å². The van der Waals surface area contributed by atoms with E-state index in [0.717, 1.165) is 15.6 Å². The Morgan fingerprint density at radius 1 is 0.971 bits per heavy atom. The summed E-state index contributed by atoms with van der Waals surface area (Å²) in [5.74, 6) is -1.20. The van der Waals surface area contributed by atoms with Crippen molar-refractivity contribution in [3.8, 4) is 0 Å². The maximum Gasteiger partial charge on any atom is 0.243 e. The zero-order valence-electron chi connectivity index (χ0n) is 20.0. The number of nitrogens with zero attached hydrogens (tertiary/aromatic N) is 1. The lowest BCUT2D eigenvalue weighted by Gasteiger charge is -2.34. The van der Waals surface area contributed by atoms with Crippen LogP contribution in [0.3, 0.4) is 0 Å². The van der Waals surface area contributed by atoms with Crippen LogP contribution in [0.15, 0.2) is 77.3 Å². The number of nitrogens with one attached hydrogen (secondary N) is 1. The quantitative estimate of drug-likeness (QED) is 0.350. The van der Waals surface area contributed by atoms with Crippen molar-refractivity contribution in [1.82, 2.24) is 10.2 Å². The summed E-state index contributed by atoms with van der Waals surface area (Å²) in [6.07, 6.45) is 0.0617. The summed E-state index contributed by atoms with van der Waals surface area (Å²) in [6, 6.07) is 20.6. The Balaban J connectivity index is 2.02. The predicted octanol–water partition coefficient (Wildman–Crippen LogP) is 6.34. The van der Waals surface area contributed by atoms with E-state index in [-0.39, 0.29) is 35.4 Å². The minimum atomic E-state index is -0.807. The first-order chi connectivity index (χ1) is 16.5.